The van der Waals surface area contributed by atoms with E-state index in [1.165, 1.54) is 0 Å². The summed E-state index contributed by atoms with van der Waals surface area (Å²) in [6, 6.07) is 28.2. The normalized spacial score (nSPS) is 11.1. The minimum atomic E-state index is -0.522. The molecule has 0 radical (unpaired) electrons. The second-order valence-corrected chi connectivity index (χ2v) is 8.60. The van der Waals surface area contributed by atoms with Crippen LogP contribution in [0.15, 0.2) is 95.0 Å². The van der Waals surface area contributed by atoms with Crippen LogP contribution in [0.3, 0.4) is 0 Å². The number of amides is 1. The van der Waals surface area contributed by atoms with Crippen molar-refractivity contribution in [3.05, 3.63) is 111 Å². The van der Waals surface area contributed by atoms with Crippen LogP contribution in [0, 0.1) is 11.3 Å². The first kappa shape index (κ1) is 22.6. The number of halogens is 2. The first-order valence-electron chi connectivity index (χ1n) is 10.1. The van der Waals surface area contributed by atoms with Gasteiger partial charge < -0.3 is 10.1 Å². The Labute approximate surface area is 205 Å². The quantitative estimate of drug-likeness (QED) is 0.214. The topological polar surface area (TPSA) is 62.1 Å². The molecule has 33 heavy (non-hydrogen) atoms. The number of fused-ring (bicyclic) bond motifs is 1. The molecule has 4 aromatic carbocycles. The van der Waals surface area contributed by atoms with Gasteiger partial charge in [0.2, 0.25) is 0 Å². The van der Waals surface area contributed by atoms with Gasteiger partial charge >= 0.3 is 0 Å². The second-order valence-electron chi connectivity index (χ2n) is 7.25. The Morgan fingerprint density at radius 3 is 2.58 bits per heavy atom. The molecule has 1 N–H and O–H groups in total. The Balaban J connectivity index is 1.69. The van der Waals surface area contributed by atoms with Crippen molar-refractivity contribution in [1.29, 1.82) is 5.26 Å². The number of ether oxygens (including phenoxy) is 1. The van der Waals surface area contributed by atoms with Crippen LogP contribution in [-0.4, -0.2) is 5.91 Å². The summed E-state index contributed by atoms with van der Waals surface area (Å²) in [5, 5.41) is 14.8. The molecule has 0 bridgehead atoms. The first-order chi connectivity index (χ1) is 16.0. The molecule has 0 aliphatic carbocycles. The molecule has 0 heterocycles. The molecule has 4 aromatic rings. The van der Waals surface area contributed by atoms with Gasteiger partial charge in [0.25, 0.3) is 5.91 Å². The van der Waals surface area contributed by atoms with E-state index in [4.69, 9.17) is 16.3 Å². The van der Waals surface area contributed by atoms with Gasteiger partial charge in [0.05, 0.1) is 0 Å². The molecule has 0 saturated heterocycles. The monoisotopic (exact) mass is 516 g/mol. The van der Waals surface area contributed by atoms with Gasteiger partial charge in [-0.15, -0.1) is 0 Å². The number of carbonyl (C=O) groups is 1. The van der Waals surface area contributed by atoms with Crippen LogP contribution in [0.5, 0.6) is 5.75 Å². The molecular weight excluding hydrogens is 500 g/mol. The summed E-state index contributed by atoms with van der Waals surface area (Å²) in [4.78, 5) is 12.8. The maximum absolute atomic E-state index is 12.8. The Morgan fingerprint density at radius 1 is 1.03 bits per heavy atom. The molecule has 1 amide bonds. The van der Waals surface area contributed by atoms with Gasteiger partial charge in [0, 0.05) is 20.7 Å². The van der Waals surface area contributed by atoms with Gasteiger partial charge in [-0.1, -0.05) is 76.1 Å². The van der Waals surface area contributed by atoms with Crippen LogP contribution < -0.4 is 10.1 Å². The highest BCUT2D eigenvalue weighted by Crippen LogP contribution is 2.31. The summed E-state index contributed by atoms with van der Waals surface area (Å²) in [6.07, 6.45) is 1.57. The van der Waals surface area contributed by atoms with E-state index in [1.807, 2.05) is 66.7 Å². The molecular formula is C27H18BrClN2O2. The fraction of sp³-hybridized carbons (Fsp3) is 0.0370. The molecule has 0 unspecified atom stereocenters. The van der Waals surface area contributed by atoms with Gasteiger partial charge in [-0.05, 0) is 58.8 Å². The number of anilines is 1. The number of nitriles is 1. The maximum atomic E-state index is 12.8. The summed E-state index contributed by atoms with van der Waals surface area (Å²) < 4.78 is 7.10. The van der Waals surface area contributed by atoms with Crippen LogP contribution in [-0.2, 0) is 11.4 Å². The summed E-state index contributed by atoms with van der Waals surface area (Å²) in [5.41, 5.74) is 2.14. The summed E-state index contributed by atoms with van der Waals surface area (Å²) >= 11 is 9.43. The Morgan fingerprint density at radius 2 is 1.82 bits per heavy atom. The van der Waals surface area contributed by atoms with Gasteiger partial charge in [0.1, 0.15) is 24.0 Å². The van der Waals surface area contributed by atoms with Crippen molar-refractivity contribution in [1.82, 2.24) is 0 Å². The fourth-order valence-electron chi connectivity index (χ4n) is 3.35. The van der Waals surface area contributed by atoms with E-state index >= 15 is 0 Å². The molecule has 0 aliphatic rings. The van der Waals surface area contributed by atoms with Crippen molar-refractivity contribution in [2.75, 3.05) is 5.32 Å². The van der Waals surface area contributed by atoms with Crippen LogP contribution >= 0.6 is 27.5 Å². The molecule has 0 aliphatic heterocycles. The number of carbonyl (C=O) groups excluding carboxylic acids is 1. The van der Waals surface area contributed by atoms with Gasteiger partial charge in [-0.25, -0.2) is 0 Å². The van der Waals surface area contributed by atoms with Gasteiger partial charge in [0.15, 0.2) is 0 Å². The predicted octanol–water partition coefficient (Wildman–Crippen LogP) is 7.38. The molecule has 0 spiro atoms. The fourth-order valence-corrected chi connectivity index (χ4v) is 3.80. The average Bonchev–Trinajstić information content (AvgIpc) is 2.82. The van der Waals surface area contributed by atoms with Crippen molar-refractivity contribution in [2.24, 2.45) is 0 Å². The molecule has 4 nitrogen and oxygen atoms in total. The molecule has 0 saturated carbocycles. The van der Waals surface area contributed by atoms with E-state index in [0.717, 1.165) is 20.8 Å². The lowest BCUT2D eigenvalue weighted by Crippen LogP contribution is -2.13. The lowest BCUT2D eigenvalue weighted by Gasteiger charge is -2.13. The van der Waals surface area contributed by atoms with Crippen molar-refractivity contribution < 1.29 is 9.53 Å². The van der Waals surface area contributed by atoms with Crippen molar-refractivity contribution in [3.8, 4) is 11.8 Å². The largest absolute Gasteiger partial charge is 0.488 e. The van der Waals surface area contributed by atoms with Crippen molar-refractivity contribution >= 4 is 56.0 Å². The molecule has 0 atom stereocenters. The minimum absolute atomic E-state index is 0.0418. The van der Waals surface area contributed by atoms with Crippen molar-refractivity contribution in [3.63, 3.8) is 0 Å². The second kappa shape index (κ2) is 10.4. The third kappa shape index (κ3) is 5.61. The number of rotatable bonds is 6. The molecule has 0 fully saturated rings. The highest BCUT2D eigenvalue weighted by atomic mass is 79.9. The lowest BCUT2D eigenvalue weighted by molar-refractivity contribution is -0.112. The van der Waals surface area contributed by atoms with E-state index < -0.39 is 5.91 Å². The van der Waals surface area contributed by atoms with E-state index in [2.05, 4.69) is 21.2 Å². The lowest BCUT2D eigenvalue weighted by atomic mass is 10.0. The Kier molecular flexibility index (Phi) is 7.09. The highest BCUT2D eigenvalue weighted by Gasteiger charge is 2.14. The molecule has 6 heteroatoms. The smallest absolute Gasteiger partial charge is 0.266 e. The highest BCUT2D eigenvalue weighted by molar-refractivity contribution is 9.10. The van der Waals surface area contributed by atoms with Crippen LogP contribution in [0.25, 0.3) is 16.8 Å². The number of nitrogens with zero attached hydrogens (tertiary/aromatic N) is 1. The zero-order valence-electron chi connectivity index (χ0n) is 17.4. The minimum Gasteiger partial charge on any atom is -0.488 e. The van der Waals surface area contributed by atoms with Crippen LogP contribution in [0.1, 0.15) is 11.1 Å². The van der Waals surface area contributed by atoms with Crippen LogP contribution in [0.4, 0.5) is 5.69 Å². The first-order valence-corrected chi connectivity index (χ1v) is 11.3. The average molecular weight is 518 g/mol. The van der Waals surface area contributed by atoms with Crippen molar-refractivity contribution in [2.45, 2.75) is 6.61 Å². The number of hydrogen-bond acceptors (Lipinski definition) is 3. The Bertz CT molecular complexity index is 1390. The SMILES string of the molecule is N#C/C(=C\c1c(OCc2ccc(Br)cc2)ccc2ccccc12)C(=O)Nc1cccc(Cl)c1. The number of nitrogens with one attached hydrogen (secondary N) is 1. The molecule has 0 aromatic heterocycles. The standard InChI is InChI=1S/C27H18BrClN2O2/c28-21-11-8-18(9-12-21)17-33-26-13-10-19-4-1-2-7-24(19)25(26)14-20(16-30)27(32)31-23-6-3-5-22(29)15-23/h1-15H,17H2,(H,31,32)/b20-14+. The van der Waals surface area contributed by atoms with E-state index in [0.29, 0.717) is 28.6 Å². The Hall–Kier alpha value is -3.59. The molecule has 4 rings (SSSR count). The van der Waals surface area contributed by atoms with E-state index in [9.17, 15) is 10.1 Å². The predicted molar refractivity (Wildman–Crippen MR) is 136 cm³/mol. The van der Waals surface area contributed by atoms with Crippen LogP contribution in [0.2, 0.25) is 5.02 Å². The summed E-state index contributed by atoms with van der Waals surface area (Å²) in [5.74, 6) is 0.0616. The zero-order valence-corrected chi connectivity index (χ0v) is 19.7. The number of benzene rings is 4. The summed E-state index contributed by atoms with van der Waals surface area (Å²) in [7, 11) is 0. The summed E-state index contributed by atoms with van der Waals surface area (Å²) in [6.45, 7) is 0.350. The van der Waals surface area contributed by atoms with E-state index in [-0.39, 0.29) is 5.57 Å². The zero-order chi connectivity index (χ0) is 23.2. The third-order valence-corrected chi connectivity index (χ3v) is 5.74. The van der Waals surface area contributed by atoms with Gasteiger partial charge in [-0.3, -0.25) is 4.79 Å². The maximum Gasteiger partial charge on any atom is 0.266 e. The van der Waals surface area contributed by atoms with Gasteiger partial charge in [-0.2, -0.15) is 5.26 Å². The van der Waals surface area contributed by atoms with E-state index in [1.54, 1.807) is 30.3 Å². The number of hydrogen-bond donors (Lipinski definition) is 1. The third-order valence-electron chi connectivity index (χ3n) is 4.97. The molecule has 162 valence electrons.